The van der Waals surface area contributed by atoms with Gasteiger partial charge in [0.25, 0.3) is 0 Å². The van der Waals surface area contributed by atoms with Crippen molar-refractivity contribution in [3.8, 4) is 0 Å². The quantitative estimate of drug-likeness (QED) is 0.676. The molecule has 0 aliphatic carbocycles. The van der Waals surface area contributed by atoms with Crippen LogP contribution in [0.4, 0.5) is 11.1 Å². The number of oxazole rings is 1. The van der Waals surface area contributed by atoms with Gasteiger partial charge in [0.1, 0.15) is 5.52 Å². The maximum atomic E-state index is 6.00. The third kappa shape index (κ3) is 3.81. The van der Waals surface area contributed by atoms with Gasteiger partial charge in [-0.1, -0.05) is 18.5 Å². The van der Waals surface area contributed by atoms with Crippen molar-refractivity contribution in [2.45, 2.75) is 33.2 Å². The van der Waals surface area contributed by atoms with E-state index in [0.717, 1.165) is 28.8 Å². The van der Waals surface area contributed by atoms with Crippen molar-refractivity contribution < 1.29 is 4.42 Å². The smallest absolute Gasteiger partial charge is 0.302 e. The summed E-state index contributed by atoms with van der Waals surface area (Å²) in [5, 5.41) is 4.65. The van der Waals surface area contributed by atoms with Gasteiger partial charge in [0, 0.05) is 16.4 Å². The number of hydrogen-bond acceptors (Lipinski definition) is 6. The Bertz CT molecular complexity index is 882. The fourth-order valence-corrected chi connectivity index (χ4v) is 4.26. The molecule has 3 heterocycles. The average molecular weight is 377 g/mol. The van der Waals surface area contributed by atoms with Gasteiger partial charge >= 0.3 is 6.01 Å². The first-order valence-electron chi connectivity index (χ1n) is 8.58. The monoisotopic (exact) mass is 376 g/mol. The molecule has 1 aromatic carbocycles. The van der Waals surface area contributed by atoms with Crippen LogP contribution in [0.25, 0.3) is 11.1 Å². The number of rotatable bonds is 4. The first-order chi connectivity index (χ1) is 12.1. The van der Waals surface area contributed by atoms with Gasteiger partial charge in [-0.15, -0.1) is 11.3 Å². The van der Waals surface area contributed by atoms with E-state index in [2.05, 4.69) is 34.0 Å². The zero-order chi connectivity index (χ0) is 17.4. The second-order valence-corrected chi connectivity index (χ2v) is 8.26. The minimum Gasteiger partial charge on any atom is -0.423 e. The first kappa shape index (κ1) is 16.8. The van der Waals surface area contributed by atoms with Crippen LogP contribution in [-0.4, -0.2) is 28.0 Å². The molecular weight excluding hydrogens is 356 g/mol. The van der Waals surface area contributed by atoms with Crippen molar-refractivity contribution in [1.29, 1.82) is 0 Å². The molecule has 0 bridgehead atoms. The molecule has 2 aromatic heterocycles. The number of benzene rings is 1. The zero-order valence-corrected chi connectivity index (χ0v) is 16.0. The van der Waals surface area contributed by atoms with Gasteiger partial charge in [-0.3, -0.25) is 10.2 Å². The Kier molecular flexibility index (Phi) is 4.67. The minimum absolute atomic E-state index is 0.448. The van der Waals surface area contributed by atoms with E-state index in [9.17, 15) is 0 Å². The lowest BCUT2D eigenvalue weighted by atomic mass is 9.99. The topological polar surface area (TPSA) is 54.2 Å². The Hall–Kier alpha value is -1.63. The summed E-state index contributed by atoms with van der Waals surface area (Å²) in [5.74, 6) is 0.851. The number of aromatic nitrogens is 2. The van der Waals surface area contributed by atoms with Crippen LogP contribution >= 0.6 is 22.9 Å². The second-order valence-electron chi connectivity index (χ2n) is 6.74. The van der Waals surface area contributed by atoms with Crippen LogP contribution in [0.15, 0.2) is 22.6 Å². The molecule has 1 fully saturated rings. The maximum Gasteiger partial charge on any atom is 0.302 e. The van der Waals surface area contributed by atoms with Crippen LogP contribution in [0.3, 0.4) is 0 Å². The molecule has 0 spiro atoms. The molecule has 0 unspecified atom stereocenters. The van der Waals surface area contributed by atoms with Crippen molar-refractivity contribution >= 4 is 45.2 Å². The highest BCUT2D eigenvalue weighted by atomic mass is 35.5. The third-order valence-electron chi connectivity index (χ3n) is 4.70. The Morgan fingerprint density at radius 2 is 2.12 bits per heavy atom. The van der Waals surface area contributed by atoms with Crippen molar-refractivity contribution in [1.82, 2.24) is 14.9 Å². The molecule has 5 nitrogen and oxygen atoms in total. The van der Waals surface area contributed by atoms with Crippen LogP contribution < -0.4 is 5.32 Å². The number of thiazole rings is 1. The van der Waals surface area contributed by atoms with Gasteiger partial charge in [0.15, 0.2) is 10.7 Å². The number of halogens is 1. The number of aryl methyl sites for hydroxylation is 1. The molecule has 1 N–H and O–H groups in total. The molecular formula is C18H21ClN4OS. The Balaban J connectivity index is 1.47. The predicted octanol–water partition coefficient (Wildman–Crippen LogP) is 5.22. The van der Waals surface area contributed by atoms with E-state index in [4.69, 9.17) is 16.0 Å². The summed E-state index contributed by atoms with van der Waals surface area (Å²) in [6.45, 7) is 7.72. The van der Waals surface area contributed by atoms with Gasteiger partial charge < -0.3 is 4.42 Å². The fraction of sp³-hybridized carbons (Fsp3) is 0.444. The molecule has 1 aliphatic rings. The van der Waals surface area contributed by atoms with Gasteiger partial charge in [-0.05, 0) is 57.0 Å². The van der Waals surface area contributed by atoms with E-state index in [1.165, 1.54) is 30.8 Å². The van der Waals surface area contributed by atoms with Crippen LogP contribution in [0.5, 0.6) is 0 Å². The maximum absolute atomic E-state index is 6.00. The summed E-state index contributed by atoms with van der Waals surface area (Å²) >= 11 is 7.67. The second kappa shape index (κ2) is 6.94. The van der Waals surface area contributed by atoms with E-state index < -0.39 is 0 Å². The van der Waals surface area contributed by atoms with E-state index in [-0.39, 0.29) is 0 Å². The summed E-state index contributed by atoms with van der Waals surface area (Å²) in [6, 6.07) is 5.86. The molecule has 1 saturated heterocycles. The van der Waals surface area contributed by atoms with E-state index in [1.807, 2.05) is 6.07 Å². The SMILES string of the molecule is Cc1nc(Nc2nc3cc(Cl)ccc3o2)sc1CN1CCC(C)CC1. The van der Waals surface area contributed by atoms with Crippen LogP contribution in [0.2, 0.25) is 5.02 Å². The molecule has 3 aromatic rings. The summed E-state index contributed by atoms with van der Waals surface area (Å²) in [7, 11) is 0. The van der Waals surface area contributed by atoms with Gasteiger partial charge in [-0.2, -0.15) is 4.98 Å². The minimum atomic E-state index is 0.448. The molecule has 1 aliphatic heterocycles. The lowest BCUT2D eigenvalue weighted by molar-refractivity contribution is 0.186. The van der Waals surface area contributed by atoms with Crippen molar-refractivity contribution in [2.75, 3.05) is 18.4 Å². The third-order valence-corrected chi connectivity index (χ3v) is 5.99. The fourth-order valence-electron chi connectivity index (χ4n) is 3.10. The normalized spacial score (nSPS) is 16.6. The van der Waals surface area contributed by atoms with Crippen molar-refractivity contribution in [3.05, 3.63) is 33.8 Å². The molecule has 0 amide bonds. The predicted molar refractivity (Wildman–Crippen MR) is 103 cm³/mol. The lowest BCUT2D eigenvalue weighted by Gasteiger charge is -2.29. The lowest BCUT2D eigenvalue weighted by Crippen LogP contribution is -2.32. The molecule has 0 radical (unpaired) electrons. The molecule has 25 heavy (non-hydrogen) atoms. The number of likely N-dealkylation sites (tertiary alicyclic amines) is 1. The number of fused-ring (bicyclic) bond motifs is 1. The Morgan fingerprint density at radius 1 is 1.32 bits per heavy atom. The van der Waals surface area contributed by atoms with Crippen molar-refractivity contribution in [2.24, 2.45) is 5.92 Å². The molecule has 7 heteroatoms. The average Bonchev–Trinajstić information content (AvgIpc) is 3.12. The summed E-state index contributed by atoms with van der Waals surface area (Å²) in [4.78, 5) is 12.9. The number of hydrogen-bond donors (Lipinski definition) is 1. The highest BCUT2D eigenvalue weighted by molar-refractivity contribution is 7.15. The van der Waals surface area contributed by atoms with Crippen molar-refractivity contribution in [3.63, 3.8) is 0 Å². The molecule has 0 atom stereocenters. The highest BCUT2D eigenvalue weighted by Gasteiger charge is 2.18. The summed E-state index contributed by atoms with van der Waals surface area (Å²) in [5.41, 5.74) is 2.53. The Labute approximate surface area is 156 Å². The number of nitrogens with zero attached hydrogens (tertiary/aromatic N) is 3. The number of anilines is 2. The largest absolute Gasteiger partial charge is 0.423 e. The summed E-state index contributed by atoms with van der Waals surface area (Å²) in [6.07, 6.45) is 2.57. The summed E-state index contributed by atoms with van der Waals surface area (Å²) < 4.78 is 5.71. The van der Waals surface area contributed by atoms with E-state index in [0.29, 0.717) is 16.6 Å². The van der Waals surface area contributed by atoms with Gasteiger partial charge in [0.05, 0.1) is 5.69 Å². The standard InChI is InChI=1S/C18H21ClN4OS/c1-11-5-7-23(8-6-11)10-16-12(2)20-18(25-16)22-17-21-14-9-13(19)3-4-15(14)24-17/h3-4,9,11H,5-8,10H2,1-2H3,(H,20,21,22). The van der Waals surface area contributed by atoms with Crippen LogP contribution in [0, 0.1) is 12.8 Å². The first-order valence-corrected chi connectivity index (χ1v) is 9.78. The van der Waals surface area contributed by atoms with E-state index >= 15 is 0 Å². The Morgan fingerprint density at radius 3 is 2.92 bits per heavy atom. The van der Waals surface area contributed by atoms with E-state index in [1.54, 1.807) is 23.5 Å². The van der Waals surface area contributed by atoms with Crippen LogP contribution in [-0.2, 0) is 6.54 Å². The number of nitrogens with one attached hydrogen (secondary N) is 1. The number of piperidine rings is 1. The molecule has 0 saturated carbocycles. The highest BCUT2D eigenvalue weighted by Crippen LogP contribution is 2.30. The van der Waals surface area contributed by atoms with Gasteiger partial charge in [-0.25, -0.2) is 4.98 Å². The van der Waals surface area contributed by atoms with Crippen LogP contribution in [0.1, 0.15) is 30.3 Å². The molecule has 132 valence electrons. The molecule has 4 rings (SSSR count). The van der Waals surface area contributed by atoms with Gasteiger partial charge in [0.2, 0.25) is 0 Å². The zero-order valence-electron chi connectivity index (χ0n) is 14.4.